The molecule has 0 bridgehead atoms. The van der Waals surface area contributed by atoms with Gasteiger partial charge in [0, 0.05) is 0 Å². The Hall–Kier alpha value is -0.531. The number of hydrogen-bond acceptors (Lipinski definition) is 3. The Morgan fingerprint density at radius 3 is 2.13 bits per heavy atom. The molecule has 15 heavy (non-hydrogen) atoms. The number of alkyl halides is 3. The molecule has 0 aliphatic rings. The molecule has 0 aliphatic heterocycles. The SMILES string of the molecule is [CH3][Sn]([CH3])([CH3])[c]1cc(C(F)(F)F)nc(N)n1. The molecule has 0 aliphatic carbocycles. The fraction of sp³-hybridized carbons (Fsp3) is 0.500. The van der Waals surface area contributed by atoms with Crippen LogP contribution in [0.2, 0.25) is 14.8 Å². The van der Waals surface area contributed by atoms with Crippen LogP contribution in [-0.2, 0) is 6.18 Å². The summed E-state index contributed by atoms with van der Waals surface area (Å²) in [7, 11) is 0. The van der Waals surface area contributed by atoms with Crippen molar-refractivity contribution in [1.29, 1.82) is 0 Å². The van der Waals surface area contributed by atoms with Crippen LogP contribution in [0.3, 0.4) is 0 Å². The minimum atomic E-state index is -4.46. The summed E-state index contributed by atoms with van der Waals surface area (Å²) in [6, 6.07) is 1.02. The first kappa shape index (κ1) is 12.5. The Morgan fingerprint density at radius 2 is 1.73 bits per heavy atom. The van der Waals surface area contributed by atoms with Gasteiger partial charge >= 0.3 is 89.7 Å². The quantitative estimate of drug-likeness (QED) is 0.798. The van der Waals surface area contributed by atoms with E-state index in [1.54, 1.807) is 0 Å². The summed E-state index contributed by atoms with van der Waals surface area (Å²) in [6.07, 6.45) is -4.46. The van der Waals surface area contributed by atoms with Crippen molar-refractivity contribution in [2.75, 3.05) is 5.73 Å². The molecule has 0 saturated heterocycles. The Morgan fingerprint density at radius 1 is 1.20 bits per heavy atom. The first-order valence-corrected chi connectivity index (χ1v) is 14.3. The Labute approximate surface area is 89.8 Å². The molecule has 0 saturated carbocycles. The van der Waals surface area contributed by atoms with Crippen molar-refractivity contribution in [2.45, 2.75) is 21.0 Å². The van der Waals surface area contributed by atoms with E-state index < -0.39 is 30.2 Å². The molecular formula is C8H12F3N3Sn. The van der Waals surface area contributed by atoms with Gasteiger partial charge in [0.2, 0.25) is 0 Å². The summed E-state index contributed by atoms with van der Waals surface area (Å²) in [5, 5.41) is 0. The second-order valence-corrected chi connectivity index (χ2v) is 18.5. The van der Waals surface area contributed by atoms with Crippen LogP contribution in [0.15, 0.2) is 6.07 Å². The minimum absolute atomic E-state index is 0.300. The number of nitrogen functional groups attached to an aromatic ring is 1. The molecule has 0 unspecified atom stereocenters. The number of aromatic nitrogens is 2. The molecule has 1 aromatic heterocycles. The van der Waals surface area contributed by atoms with E-state index in [0.717, 1.165) is 6.07 Å². The van der Waals surface area contributed by atoms with Gasteiger partial charge in [0.05, 0.1) is 0 Å². The summed E-state index contributed by atoms with van der Waals surface area (Å²) in [5.74, 6) is -0.300. The van der Waals surface area contributed by atoms with E-state index in [1.807, 2.05) is 14.8 Å². The Bertz CT molecular complexity index is 338. The molecule has 1 aromatic rings. The van der Waals surface area contributed by atoms with Gasteiger partial charge in [-0.25, -0.2) is 0 Å². The molecular weight excluding hydrogens is 314 g/mol. The van der Waals surface area contributed by atoms with E-state index >= 15 is 0 Å². The van der Waals surface area contributed by atoms with E-state index in [0.29, 0.717) is 3.71 Å². The fourth-order valence-electron chi connectivity index (χ4n) is 0.995. The third-order valence-electron chi connectivity index (χ3n) is 1.80. The monoisotopic (exact) mass is 327 g/mol. The van der Waals surface area contributed by atoms with Gasteiger partial charge in [0.15, 0.2) is 0 Å². The van der Waals surface area contributed by atoms with Gasteiger partial charge in [-0.1, -0.05) is 0 Å². The second-order valence-electron chi connectivity index (χ2n) is 4.24. The molecule has 0 amide bonds. The van der Waals surface area contributed by atoms with Crippen LogP contribution >= 0.6 is 0 Å². The zero-order valence-electron chi connectivity index (χ0n) is 8.68. The summed E-state index contributed by atoms with van der Waals surface area (Å²) < 4.78 is 37.7. The number of anilines is 1. The maximum absolute atomic E-state index is 12.4. The van der Waals surface area contributed by atoms with Crippen LogP contribution in [0.25, 0.3) is 0 Å². The summed E-state index contributed by atoms with van der Waals surface area (Å²) >= 11 is -2.63. The number of nitrogens with zero attached hydrogens (tertiary/aromatic N) is 2. The first-order valence-electron chi connectivity index (χ1n) is 4.33. The topological polar surface area (TPSA) is 51.8 Å². The normalized spacial score (nSPS) is 12.9. The number of nitrogens with two attached hydrogens (primary N) is 1. The van der Waals surface area contributed by atoms with Gasteiger partial charge < -0.3 is 0 Å². The van der Waals surface area contributed by atoms with E-state index in [1.165, 1.54) is 0 Å². The molecule has 2 N–H and O–H groups in total. The predicted molar refractivity (Wildman–Crippen MR) is 54.4 cm³/mol. The molecule has 0 spiro atoms. The molecule has 1 heterocycles. The van der Waals surface area contributed by atoms with Crippen LogP contribution in [0.1, 0.15) is 5.69 Å². The van der Waals surface area contributed by atoms with Crippen molar-refractivity contribution < 1.29 is 13.2 Å². The number of hydrogen-bond donors (Lipinski definition) is 1. The van der Waals surface area contributed by atoms with Gasteiger partial charge in [0.25, 0.3) is 0 Å². The average molecular weight is 326 g/mol. The summed E-state index contributed by atoms with van der Waals surface area (Å²) in [5.41, 5.74) is 4.32. The van der Waals surface area contributed by atoms with E-state index in [4.69, 9.17) is 5.73 Å². The predicted octanol–water partition coefficient (Wildman–Crippen LogP) is 1.62. The van der Waals surface area contributed by atoms with E-state index in [9.17, 15) is 13.2 Å². The van der Waals surface area contributed by atoms with Gasteiger partial charge in [-0.3, -0.25) is 0 Å². The van der Waals surface area contributed by atoms with Crippen LogP contribution in [0.4, 0.5) is 19.1 Å². The Balaban J connectivity index is 3.30. The maximum atomic E-state index is 12.4. The molecule has 0 fully saturated rings. The van der Waals surface area contributed by atoms with Gasteiger partial charge in [-0.05, 0) is 0 Å². The van der Waals surface area contributed by atoms with Gasteiger partial charge in [0.1, 0.15) is 0 Å². The summed E-state index contributed by atoms with van der Waals surface area (Å²) in [6.45, 7) is 0. The van der Waals surface area contributed by atoms with E-state index in [-0.39, 0.29) is 5.95 Å². The second kappa shape index (κ2) is 3.80. The Kier molecular flexibility index (Phi) is 3.18. The third kappa shape index (κ3) is 3.22. The molecule has 84 valence electrons. The zero-order valence-corrected chi connectivity index (χ0v) is 11.5. The molecule has 1 rings (SSSR count). The van der Waals surface area contributed by atoms with E-state index in [2.05, 4.69) is 9.97 Å². The van der Waals surface area contributed by atoms with Crippen molar-refractivity contribution >= 4 is 28.0 Å². The van der Waals surface area contributed by atoms with Crippen LogP contribution in [0.5, 0.6) is 0 Å². The molecule has 7 heteroatoms. The average Bonchev–Trinajstić information content (AvgIpc) is 1.99. The molecule has 0 aromatic carbocycles. The standard InChI is InChI=1S/C5H3F3N3.3CH3.Sn/c6-5(7,8)3-1-2-10-4(9)11-3;;;;/h1H,(H2,9,10,11);3*1H3;. The fourth-order valence-corrected chi connectivity index (χ4v) is 3.91. The number of rotatable bonds is 1. The third-order valence-corrected chi connectivity index (χ3v) is 6.92. The molecule has 3 nitrogen and oxygen atoms in total. The van der Waals surface area contributed by atoms with Crippen molar-refractivity contribution in [3.63, 3.8) is 0 Å². The van der Waals surface area contributed by atoms with Crippen molar-refractivity contribution in [3.05, 3.63) is 11.8 Å². The molecule has 0 radical (unpaired) electrons. The van der Waals surface area contributed by atoms with Crippen molar-refractivity contribution in [1.82, 2.24) is 9.97 Å². The summed E-state index contributed by atoms with van der Waals surface area (Å²) in [4.78, 5) is 13.0. The van der Waals surface area contributed by atoms with Crippen LogP contribution in [0, 0.1) is 0 Å². The van der Waals surface area contributed by atoms with Crippen molar-refractivity contribution in [2.24, 2.45) is 0 Å². The van der Waals surface area contributed by atoms with Crippen molar-refractivity contribution in [3.8, 4) is 0 Å². The first-order chi connectivity index (χ1) is 6.60. The molecule has 0 atom stereocenters. The van der Waals surface area contributed by atoms with Crippen LogP contribution < -0.4 is 9.44 Å². The zero-order chi connectivity index (χ0) is 11.9. The van der Waals surface area contributed by atoms with Crippen LogP contribution in [-0.4, -0.2) is 28.3 Å². The van der Waals surface area contributed by atoms with Gasteiger partial charge in [-0.15, -0.1) is 0 Å². The number of halogens is 3. The van der Waals surface area contributed by atoms with Gasteiger partial charge in [-0.2, -0.15) is 0 Å².